The van der Waals surface area contributed by atoms with Gasteiger partial charge in [0.15, 0.2) is 11.5 Å². The van der Waals surface area contributed by atoms with Crippen molar-refractivity contribution in [2.75, 3.05) is 20.8 Å². The van der Waals surface area contributed by atoms with Gasteiger partial charge in [0.25, 0.3) is 0 Å². The molecule has 1 aliphatic rings. The summed E-state index contributed by atoms with van der Waals surface area (Å²) in [5, 5.41) is 3.16. The first kappa shape index (κ1) is 22.1. The SMILES string of the molecule is COc1cc2c(cc1OC)[C@H]([C@H](C)NC(=O)C(C)C)[NH+](Cc1ccccc1F)CC2. The Bertz CT molecular complexity index is 900. The molecule has 0 bridgehead atoms. The van der Waals surface area contributed by atoms with E-state index in [-0.39, 0.29) is 29.7 Å². The second kappa shape index (κ2) is 9.47. The zero-order valence-electron chi connectivity index (χ0n) is 18.4. The van der Waals surface area contributed by atoms with Crippen LogP contribution in [0.25, 0.3) is 0 Å². The zero-order chi connectivity index (χ0) is 21.8. The minimum atomic E-state index is -0.194. The van der Waals surface area contributed by atoms with Crippen LogP contribution in [0.4, 0.5) is 4.39 Å². The molecular weight excluding hydrogens is 383 g/mol. The molecule has 0 aliphatic carbocycles. The van der Waals surface area contributed by atoms with Crippen LogP contribution in [0.2, 0.25) is 0 Å². The Morgan fingerprint density at radius 2 is 1.83 bits per heavy atom. The molecular formula is C24H32FN2O3+. The topological polar surface area (TPSA) is 52.0 Å². The van der Waals surface area contributed by atoms with Gasteiger partial charge in [-0.2, -0.15) is 0 Å². The summed E-state index contributed by atoms with van der Waals surface area (Å²) < 4.78 is 25.4. The van der Waals surface area contributed by atoms with E-state index in [1.807, 2.05) is 45.0 Å². The first-order valence-corrected chi connectivity index (χ1v) is 10.5. The average molecular weight is 416 g/mol. The zero-order valence-corrected chi connectivity index (χ0v) is 18.4. The Hall–Kier alpha value is -2.60. The van der Waals surface area contributed by atoms with E-state index in [2.05, 4.69) is 5.32 Å². The fourth-order valence-corrected chi connectivity index (χ4v) is 4.30. The molecule has 0 aromatic heterocycles. The standard InChI is InChI=1S/C24H31FN2O3/c1-15(2)24(28)26-16(3)23-19-13-22(30-5)21(29-4)12-17(19)10-11-27(23)14-18-8-6-7-9-20(18)25/h6-9,12-13,15-16,23H,10-11,14H2,1-5H3,(H,26,28)/p+1/t16-,23-/m0/s1. The molecule has 0 fully saturated rings. The molecule has 2 aromatic rings. The van der Waals surface area contributed by atoms with Crippen LogP contribution in [0.1, 0.15) is 43.5 Å². The lowest BCUT2D eigenvalue weighted by molar-refractivity contribution is -0.948. The van der Waals surface area contributed by atoms with E-state index in [1.54, 1.807) is 20.3 Å². The van der Waals surface area contributed by atoms with Gasteiger partial charge in [0, 0.05) is 23.5 Å². The highest BCUT2D eigenvalue weighted by Gasteiger charge is 2.37. The third-order valence-electron chi connectivity index (χ3n) is 5.91. The minimum absolute atomic E-state index is 0.0142. The Kier molecular flexibility index (Phi) is 6.98. The summed E-state index contributed by atoms with van der Waals surface area (Å²) >= 11 is 0. The van der Waals surface area contributed by atoms with Crippen molar-refractivity contribution >= 4 is 5.91 Å². The number of hydrogen-bond donors (Lipinski definition) is 2. The summed E-state index contributed by atoms with van der Waals surface area (Å²) in [6, 6.07) is 10.8. The van der Waals surface area contributed by atoms with Gasteiger partial charge < -0.3 is 19.7 Å². The monoisotopic (exact) mass is 415 g/mol. The summed E-state index contributed by atoms with van der Waals surface area (Å²) in [5.74, 6) is 1.08. The number of hydrogen-bond acceptors (Lipinski definition) is 3. The highest BCUT2D eigenvalue weighted by atomic mass is 19.1. The normalized spacial score (nSPS) is 19.2. The van der Waals surface area contributed by atoms with Crippen molar-refractivity contribution in [1.29, 1.82) is 0 Å². The number of halogens is 1. The Morgan fingerprint density at radius 3 is 2.47 bits per heavy atom. The molecule has 0 spiro atoms. The van der Waals surface area contributed by atoms with Crippen molar-refractivity contribution in [1.82, 2.24) is 5.32 Å². The van der Waals surface area contributed by atoms with Gasteiger partial charge in [0.1, 0.15) is 18.4 Å². The molecule has 0 radical (unpaired) electrons. The van der Waals surface area contributed by atoms with Gasteiger partial charge in [-0.05, 0) is 30.7 Å². The second-order valence-corrected chi connectivity index (χ2v) is 8.26. The van der Waals surface area contributed by atoms with Gasteiger partial charge in [-0.25, -0.2) is 4.39 Å². The number of carbonyl (C=O) groups is 1. The van der Waals surface area contributed by atoms with Crippen LogP contribution in [-0.2, 0) is 17.8 Å². The van der Waals surface area contributed by atoms with E-state index in [0.717, 1.165) is 18.5 Å². The lowest BCUT2D eigenvalue weighted by atomic mass is 9.87. The van der Waals surface area contributed by atoms with E-state index in [9.17, 15) is 9.18 Å². The molecule has 162 valence electrons. The number of benzene rings is 2. The van der Waals surface area contributed by atoms with E-state index in [1.165, 1.54) is 16.5 Å². The smallest absolute Gasteiger partial charge is 0.222 e. The molecule has 1 heterocycles. The third-order valence-corrected chi connectivity index (χ3v) is 5.91. The van der Waals surface area contributed by atoms with Crippen LogP contribution < -0.4 is 19.7 Å². The number of nitrogens with one attached hydrogen (secondary N) is 2. The number of amides is 1. The van der Waals surface area contributed by atoms with Crippen LogP contribution in [0.5, 0.6) is 11.5 Å². The number of rotatable bonds is 7. The third kappa shape index (κ3) is 4.59. The molecule has 6 heteroatoms. The van der Waals surface area contributed by atoms with Gasteiger partial charge in [-0.1, -0.05) is 32.0 Å². The highest BCUT2D eigenvalue weighted by Crippen LogP contribution is 2.35. The maximum Gasteiger partial charge on any atom is 0.222 e. The lowest BCUT2D eigenvalue weighted by Gasteiger charge is -2.38. The lowest BCUT2D eigenvalue weighted by Crippen LogP contribution is -3.13. The average Bonchev–Trinajstić information content (AvgIpc) is 2.73. The molecule has 0 saturated heterocycles. The summed E-state index contributed by atoms with van der Waals surface area (Å²) in [4.78, 5) is 13.6. The highest BCUT2D eigenvalue weighted by molar-refractivity contribution is 5.78. The first-order valence-electron chi connectivity index (χ1n) is 10.5. The number of quaternary nitrogens is 1. The van der Waals surface area contributed by atoms with Crippen molar-refractivity contribution < 1.29 is 23.6 Å². The van der Waals surface area contributed by atoms with Crippen LogP contribution in [0, 0.1) is 11.7 Å². The van der Waals surface area contributed by atoms with Crippen LogP contribution in [0.15, 0.2) is 36.4 Å². The van der Waals surface area contributed by atoms with Gasteiger partial charge in [0.2, 0.25) is 5.91 Å². The van der Waals surface area contributed by atoms with Crippen molar-refractivity contribution in [3.63, 3.8) is 0 Å². The van der Waals surface area contributed by atoms with Crippen molar-refractivity contribution in [2.45, 2.75) is 45.8 Å². The van der Waals surface area contributed by atoms with Crippen LogP contribution >= 0.6 is 0 Å². The molecule has 30 heavy (non-hydrogen) atoms. The quantitative estimate of drug-likeness (QED) is 0.731. The van der Waals surface area contributed by atoms with E-state index >= 15 is 0 Å². The summed E-state index contributed by atoms with van der Waals surface area (Å²) in [6.07, 6.45) is 0.848. The minimum Gasteiger partial charge on any atom is -0.493 e. The van der Waals surface area contributed by atoms with Crippen LogP contribution in [0.3, 0.4) is 0 Å². The van der Waals surface area contributed by atoms with E-state index < -0.39 is 0 Å². The second-order valence-electron chi connectivity index (χ2n) is 8.26. The van der Waals surface area contributed by atoms with Gasteiger partial charge in [-0.15, -0.1) is 0 Å². The maximum absolute atomic E-state index is 14.4. The van der Waals surface area contributed by atoms with E-state index in [0.29, 0.717) is 23.6 Å². The van der Waals surface area contributed by atoms with Gasteiger partial charge >= 0.3 is 0 Å². The fraction of sp³-hybridized carbons (Fsp3) is 0.458. The Morgan fingerprint density at radius 1 is 1.17 bits per heavy atom. The van der Waals surface area contributed by atoms with Crippen molar-refractivity contribution in [3.05, 3.63) is 58.9 Å². The predicted octanol–water partition coefficient (Wildman–Crippen LogP) is 2.69. The van der Waals surface area contributed by atoms with E-state index in [4.69, 9.17) is 9.47 Å². The molecule has 3 rings (SSSR count). The number of fused-ring (bicyclic) bond motifs is 1. The predicted molar refractivity (Wildman–Crippen MR) is 114 cm³/mol. The molecule has 1 amide bonds. The fourth-order valence-electron chi connectivity index (χ4n) is 4.30. The molecule has 2 aromatic carbocycles. The number of carbonyl (C=O) groups excluding carboxylic acids is 1. The molecule has 1 unspecified atom stereocenters. The molecule has 0 saturated carbocycles. The number of ether oxygens (including phenoxy) is 2. The molecule has 2 N–H and O–H groups in total. The number of methoxy groups -OCH3 is 2. The Balaban J connectivity index is 2.01. The Labute approximate surface area is 178 Å². The maximum atomic E-state index is 14.4. The molecule has 5 nitrogen and oxygen atoms in total. The largest absolute Gasteiger partial charge is 0.493 e. The first-order chi connectivity index (χ1) is 14.3. The summed E-state index contributed by atoms with van der Waals surface area (Å²) in [7, 11) is 3.25. The molecule has 3 atom stereocenters. The molecule has 1 aliphatic heterocycles. The van der Waals surface area contributed by atoms with Crippen molar-refractivity contribution in [3.8, 4) is 11.5 Å². The van der Waals surface area contributed by atoms with Gasteiger partial charge in [0.05, 0.1) is 26.8 Å². The summed E-state index contributed by atoms with van der Waals surface area (Å²) in [5.41, 5.74) is 2.98. The van der Waals surface area contributed by atoms with Crippen LogP contribution in [-0.4, -0.2) is 32.7 Å². The summed E-state index contributed by atoms with van der Waals surface area (Å²) in [6.45, 7) is 7.18. The van der Waals surface area contributed by atoms with Gasteiger partial charge in [-0.3, -0.25) is 4.79 Å². The van der Waals surface area contributed by atoms with Crippen molar-refractivity contribution in [2.24, 2.45) is 5.92 Å².